The van der Waals surface area contributed by atoms with Gasteiger partial charge in [0.15, 0.2) is 0 Å². The van der Waals surface area contributed by atoms with Crippen LogP contribution in [0.5, 0.6) is 0 Å². The van der Waals surface area contributed by atoms with Gasteiger partial charge in [-0.25, -0.2) is 9.97 Å². The van der Waals surface area contributed by atoms with Gasteiger partial charge in [0.25, 0.3) is 5.91 Å². The molecule has 0 saturated carbocycles. The second-order valence-corrected chi connectivity index (χ2v) is 6.48. The first-order chi connectivity index (χ1) is 13.2. The molecule has 1 amide bonds. The van der Waals surface area contributed by atoms with Gasteiger partial charge in [0.1, 0.15) is 11.5 Å². The third kappa shape index (κ3) is 5.17. The Kier molecular flexibility index (Phi) is 6.59. The molecule has 1 aromatic carbocycles. The third-order valence-corrected chi connectivity index (χ3v) is 4.67. The van der Waals surface area contributed by atoms with E-state index in [0.717, 1.165) is 38.2 Å². The summed E-state index contributed by atoms with van der Waals surface area (Å²) in [6.07, 6.45) is 5.21. The summed E-state index contributed by atoms with van der Waals surface area (Å²) >= 11 is 0. The largest absolute Gasteiger partial charge is 0.376 e. The van der Waals surface area contributed by atoms with Gasteiger partial charge in [-0.15, -0.1) is 0 Å². The Balaban J connectivity index is 1.54. The predicted molar refractivity (Wildman–Crippen MR) is 107 cm³/mol. The highest BCUT2D eigenvalue weighted by atomic mass is 16.5. The minimum atomic E-state index is -0.229. The quantitative estimate of drug-likeness (QED) is 0.745. The third-order valence-electron chi connectivity index (χ3n) is 4.67. The summed E-state index contributed by atoms with van der Waals surface area (Å²) in [5.74, 6) is 0.370. The maximum Gasteiger partial charge on any atom is 0.271 e. The number of anilines is 3. The summed E-state index contributed by atoms with van der Waals surface area (Å²) in [5, 5.41) is 6.05. The van der Waals surface area contributed by atoms with E-state index in [1.54, 1.807) is 6.20 Å². The Morgan fingerprint density at radius 2 is 1.96 bits per heavy atom. The van der Waals surface area contributed by atoms with E-state index in [-0.39, 0.29) is 12.0 Å². The normalized spacial score (nSPS) is 16.1. The number of hydrogen-bond acceptors (Lipinski definition) is 6. The highest BCUT2D eigenvalue weighted by molar-refractivity contribution is 5.92. The van der Waals surface area contributed by atoms with Crippen LogP contribution in [0.1, 0.15) is 37.2 Å². The summed E-state index contributed by atoms with van der Waals surface area (Å²) in [7, 11) is 0. The first-order valence-corrected chi connectivity index (χ1v) is 9.53. The molecule has 0 bridgehead atoms. The number of amides is 1. The zero-order valence-electron chi connectivity index (χ0n) is 15.9. The molecule has 1 atom stereocenters. The second kappa shape index (κ2) is 9.32. The Morgan fingerprint density at radius 1 is 1.19 bits per heavy atom. The number of aromatic nitrogens is 2. The molecule has 0 aliphatic carbocycles. The van der Waals surface area contributed by atoms with Gasteiger partial charge in [0.2, 0.25) is 0 Å². The molecule has 1 saturated heterocycles. The molecule has 1 aromatic heterocycles. The fraction of sp³-hybridized carbons (Fsp3) is 0.450. The highest BCUT2D eigenvalue weighted by Gasteiger charge is 2.17. The van der Waals surface area contributed by atoms with E-state index in [0.29, 0.717) is 18.1 Å². The summed E-state index contributed by atoms with van der Waals surface area (Å²) < 4.78 is 5.50. The van der Waals surface area contributed by atoms with Crippen LogP contribution < -0.4 is 15.5 Å². The van der Waals surface area contributed by atoms with Gasteiger partial charge in [-0.3, -0.25) is 4.79 Å². The standard InChI is InChI=1S/C20H27N5O2/c1-3-25(4-2)16-9-7-15(8-10-16)24-19-14-21-18(13-22-19)20(26)23-12-17-6-5-11-27-17/h7-10,13-14,17H,3-6,11-12H2,1-2H3,(H,22,24)(H,23,26). The van der Waals surface area contributed by atoms with Crippen molar-refractivity contribution in [2.24, 2.45) is 0 Å². The first-order valence-electron chi connectivity index (χ1n) is 9.53. The Morgan fingerprint density at radius 3 is 2.56 bits per heavy atom. The zero-order chi connectivity index (χ0) is 19.1. The molecule has 2 heterocycles. The van der Waals surface area contributed by atoms with Gasteiger partial charge < -0.3 is 20.3 Å². The Hall–Kier alpha value is -2.67. The summed E-state index contributed by atoms with van der Waals surface area (Å²) in [5.41, 5.74) is 2.42. The molecule has 0 spiro atoms. The lowest BCUT2D eigenvalue weighted by atomic mass is 10.2. The van der Waals surface area contributed by atoms with E-state index < -0.39 is 0 Å². The van der Waals surface area contributed by atoms with Crippen molar-refractivity contribution in [3.63, 3.8) is 0 Å². The molecule has 1 aliphatic heterocycles. The average molecular weight is 369 g/mol. The lowest BCUT2D eigenvalue weighted by Crippen LogP contribution is -2.32. The number of ether oxygens (including phenoxy) is 1. The fourth-order valence-electron chi connectivity index (χ4n) is 3.10. The van der Waals surface area contributed by atoms with Crippen molar-refractivity contribution in [2.75, 3.05) is 36.5 Å². The summed E-state index contributed by atoms with van der Waals surface area (Å²) in [6.45, 7) is 7.53. The minimum Gasteiger partial charge on any atom is -0.376 e. The van der Waals surface area contributed by atoms with Crippen molar-refractivity contribution in [3.8, 4) is 0 Å². The molecule has 1 unspecified atom stereocenters. The molecule has 3 rings (SSSR count). The molecule has 2 N–H and O–H groups in total. The fourth-order valence-corrected chi connectivity index (χ4v) is 3.10. The van der Waals surface area contributed by atoms with Gasteiger partial charge in [-0.2, -0.15) is 0 Å². The zero-order valence-corrected chi connectivity index (χ0v) is 15.9. The summed E-state index contributed by atoms with van der Waals surface area (Å²) in [4.78, 5) is 22.9. The van der Waals surface area contributed by atoms with Crippen LogP contribution in [0.15, 0.2) is 36.7 Å². The summed E-state index contributed by atoms with van der Waals surface area (Å²) in [6, 6.07) is 8.18. The highest BCUT2D eigenvalue weighted by Crippen LogP contribution is 2.20. The van der Waals surface area contributed by atoms with E-state index in [4.69, 9.17) is 4.74 Å². The van der Waals surface area contributed by atoms with Crippen LogP contribution in [0.25, 0.3) is 0 Å². The molecule has 2 aromatic rings. The lowest BCUT2D eigenvalue weighted by Gasteiger charge is -2.21. The van der Waals surface area contributed by atoms with Gasteiger partial charge in [-0.1, -0.05) is 0 Å². The number of nitrogens with zero attached hydrogens (tertiary/aromatic N) is 3. The van der Waals surface area contributed by atoms with Crippen molar-refractivity contribution in [2.45, 2.75) is 32.8 Å². The maximum absolute atomic E-state index is 12.1. The van der Waals surface area contributed by atoms with E-state index in [1.807, 2.05) is 12.1 Å². The number of carbonyl (C=O) groups is 1. The lowest BCUT2D eigenvalue weighted by molar-refractivity contribution is 0.0853. The van der Waals surface area contributed by atoms with Gasteiger partial charge in [-0.05, 0) is 51.0 Å². The van der Waals surface area contributed by atoms with Crippen LogP contribution in [0.4, 0.5) is 17.2 Å². The molecule has 7 nitrogen and oxygen atoms in total. The van der Waals surface area contributed by atoms with Crippen molar-refractivity contribution in [3.05, 3.63) is 42.4 Å². The minimum absolute atomic E-state index is 0.113. The molecule has 1 fully saturated rings. The Bertz CT molecular complexity index is 723. The van der Waals surface area contributed by atoms with Gasteiger partial charge >= 0.3 is 0 Å². The second-order valence-electron chi connectivity index (χ2n) is 6.48. The van der Waals surface area contributed by atoms with Gasteiger partial charge in [0, 0.05) is 37.6 Å². The molecular formula is C20H27N5O2. The van der Waals surface area contributed by atoms with Crippen molar-refractivity contribution < 1.29 is 9.53 Å². The molecule has 7 heteroatoms. The van der Waals surface area contributed by atoms with Crippen LogP contribution in [0.3, 0.4) is 0 Å². The van der Waals surface area contributed by atoms with Crippen molar-refractivity contribution in [1.82, 2.24) is 15.3 Å². The molecule has 1 aliphatic rings. The monoisotopic (exact) mass is 369 g/mol. The number of rotatable bonds is 8. The predicted octanol–water partition coefficient (Wildman–Crippen LogP) is 2.98. The van der Waals surface area contributed by atoms with Crippen LogP contribution in [-0.4, -0.2) is 48.2 Å². The number of benzene rings is 1. The van der Waals surface area contributed by atoms with E-state index in [2.05, 4.69) is 51.5 Å². The number of carbonyl (C=O) groups excluding carboxylic acids is 1. The molecule has 144 valence electrons. The maximum atomic E-state index is 12.1. The molecule has 27 heavy (non-hydrogen) atoms. The smallest absolute Gasteiger partial charge is 0.271 e. The molecular weight excluding hydrogens is 342 g/mol. The molecule has 0 radical (unpaired) electrons. The van der Waals surface area contributed by atoms with Gasteiger partial charge in [0.05, 0.1) is 18.5 Å². The van der Waals surface area contributed by atoms with Crippen molar-refractivity contribution >= 4 is 23.1 Å². The van der Waals surface area contributed by atoms with Crippen LogP contribution in [-0.2, 0) is 4.74 Å². The van der Waals surface area contributed by atoms with E-state index in [1.165, 1.54) is 11.9 Å². The first kappa shape index (κ1) is 19.1. The topological polar surface area (TPSA) is 79.4 Å². The van der Waals surface area contributed by atoms with Crippen LogP contribution in [0, 0.1) is 0 Å². The van der Waals surface area contributed by atoms with Crippen LogP contribution in [0.2, 0.25) is 0 Å². The van der Waals surface area contributed by atoms with E-state index in [9.17, 15) is 4.79 Å². The Labute approximate surface area is 160 Å². The van der Waals surface area contributed by atoms with E-state index >= 15 is 0 Å². The average Bonchev–Trinajstić information content (AvgIpc) is 3.22. The SMILES string of the molecule is CCN(CC)c1ccc(Nc2cnc(C(=O)NCC3CCCO3)cn2)cc1. The van der Waals surface area contributed by atoms with Crippen LogP contribution >= 0.6 is 0 Å². The number of nitrogens with one attached hydrogen (secondary N) is 2. The number of hydrogen-bond donors (Lipinski definition) is 2. The van der Waals surface area contributed by atoms with Crippen molar-refractivity contribution in [1.29, 1.82) is 0 Å².